The largest absolute Gasteiger partial charge is 0.368 e. The van der Waals surface area contributed by atoms with Crippen molar-refractivity contribution in [2.45, 2.75) is 26.7 Å². The van der Waals surface area contributed by atoms with Crippen LogP contribution in [0.25, 0.3) is 0 Å². The third-order valence-corrected chi connectivity index (χ3v) is 2.29. The number of hydrogen-bond donors (Lipinski definition) is 1. The van der Waals surface area contributed by atoms with Crippen molar-refractivity contribution in [2.75, 3.05) is 5.73 Å². The number of aromatic nitrogens is 2. The predicted molar refractivity (Wildman–Crippen MR) is 47.6 cm³/mol. The van der Waals surface area contributed by atoms with Gasteiger partial charge >= 0.3 is 0 Å². The highest BCUT2D eigenvalue weighted by atomic mass is 15.0. The van der Waals surface area contributed by atoms with E-state index in [0.29, 0.717) is 11.4 Å². The Morgan fingerprint density at radius 1 is 1.42 bits per heavy atom. The van der Waals surface area contributed by atoms with E-state index in [1.165, 1.54) is 5.56 Å². The first-order valence-corrected chi connectivity index (χ1v) is 4.17. The average Bonchev–Trinajstić information content (AvgIpc) is 2.21. The van der Waals surface area contributed by atoms with Gasteiger partial charge in [0, 0.05) is 11.9 Å². The molecule has 0 radical (unpaired) electrons. The van der Waals surface area contributed by atoms with E-state index < -0.39 is 0 Å². The molecule has 0 atom stereocenters. The van der Waals surface area contributed by atoms with Crippen molar-refractivity contribution in [3.63, 3.8) is 0 Å². The molecular weight excluding hydrogens is 150 g/mol. The third-order valence-electron chi connectivity index (χ3n) is 2.29. The van der Waals surface area contributed by atoms with Gasteiger partial charge in [0.2, 0.25) is 5.95 Å². The molecule has 64 valence electrons. The second-order valence-electron chi connectivity index (χ2n) is 4.22. The van der Waals surface area contributed by atoms with Gasteiger partial charge in [0.05, 0.1) is 0 Å². The Hall–Kier alpha value is -1.12. The number of hydrogen-bond acceptors (Lipinski definition) is 3. The Bertz CT molecular complexity index is 318. The van der Waals surface area contributed by atoms with E-state index in [1.807, 2.05) is 6.20 Å². The van der Waals surface area contributed by atoms with Crippen molar-refractivity contribution in [1.29, 1.82) is 0 Å². The first kappa shape index (κ1) is 7.53. The molecular formula is C9H13N3. The summed E-state index contributed by atoms with van der Waals surface area (Å²) in [5, 5.41) is 0. The molecule has 0 aliphatic heterocycles. The zero-order chi connectivity index (χ0) is 8.77. The van der Waals surface area contributed by atoms with E-state index in [-0.39, 0.29) is 0 Å². The number of nitrogen functional groups attached to an aromatic ring is 1. The Labute approximate surface area is 72.0 Å². The van der Waals surface area contributed by atoms with Gasteiger partial charge in [-0.05, 0) is 23.8 Å². The molecule has 0 unspecified atom stereocenters. The fourth-order valence-corrected chi connectivity index (χ4v) is 1.79. The second-order valence-corrected chi connectivity index (χ2v) is 4.22. The topological polar surface area (TPSA) is 51.8 Å². The van der Waals surface area contributed by atoms with E-state index >= 15 is 0 Å². The van der Waals surface area contributed by atoms with Gasteiger partial charge in [0.1, 0.15) is 0 Å². The summed E-state index contributed by atoms with van der Waals surface area (Å²) in [6, 6.07) is 0. The van der Waals surface area contributed by atoms with Crippen molar-refractivity contribution < 1.29 is 0 Å². The lowest BCUT2D eigenvalue weighted by atomic mass is 9.91. The summed E-state index contributed by atoms with van der Waals surface area (Å²) in [4.78, 5) is 8.20. The summed E-state index contributed by atoms with van der Waals surface area (Å²) in [6.45, 7) is 4.48. The van der Waals surface area contributed by atoms with Crippen molar-refractivity contribution in [3.8, 4) is 0 Å². The highest BCUT2D eigenvalue weighted by Gasteiger charge is 2.29. The van der Waals surface area contributed by atoms with E-state index in [2.05, 4.69) is 23.8 Å². The predicted octanol–water partition coefficient (Wildman–Crippen LogP) is 1.18. The van der Waals surface area contributed by atoms with Crippen LogP contribution in [0.1, 0.15) is 25.1 Å². The van der Waals surface area contributed by atoms with Gasteiger partial charge in [-0.25, -0.2) is 9.97 Å². The van der Waals surface area contributed by atoms with Gasteiger partial charge in [-0.1, -0.05) is 13.8 Å². The van der Waals surface area contributed by atoms with E-state index in [4.69, 9.17) is 5.73 Å². The van der Waals surface area contributed by atoms with Gasteiger partial charge < -0.3 is 5.73 Å². The van der Waals surface area contributed by atoms with Crippen molar-refractivity contribution in [1.82, 2.24) is 9.97 Å². The summed E-state index contributed by atoms with van der Waals surface area (Å²) in [6.07, 6.45) is 3.95. The molecule has 3 heteroatoms. The van der Waals surface area contributed by atoms with Crippen molar-refractivity contribution in [3.05, 3.63) is 17.5 Å². The molecule has 1 aliphatic carbocycles. The summed E-state index contributed by atoms with van der Waals surface area (Å²) < 4.78 is 0. The molecule has 2 N–H and O–H groups in total. The monoisotopic (exact) mass is 163 g/mol. The molecule has 1 aliphatic rings. The van der Waals surface area contributed by atoms with Crippen LogP contribution in [0.15, 0.2) is 6.20 Å². The van der Waals surface area contributed by atoms with E-state index in [0.717, 1.165) is 18.5 Å². The molecule has 1 heterocycles. The first-order valence-electron chi connectivity index (χ1n) is 4.17. The molecule has 1 aromatic rings. The number of fused-ring (bicyclic) bond motifs is 1. The van der Waals surface area contributed by atoms with E-state index in [9.17, 15) is 0 Å². The van der Waals surface area contributed by atoms with Gasteiger partial charge in [-0.3, -0.25) is 0 Å². The maximum atomic E-state index is 5.50. The van der Waals surface area contributed by atoms with Gasteiger partial charge in [-0.2, -0.15) is 0 Å². The summed E-state index contributed by atoms with van der Waals surface area (Å²) in [7, 11) is 0. The molecule has 0 bridgehead atoms. The Morgan fingerprint density at radius 2 is 2.17 bits per heavy atom. The van der Waals surface area contributed by atoms with Crippen LogP contribution in [0, 0.1) is 5.41 Å². The van der Waals surface area contributed by atoms with Crippen LogP contribution >= 0.6 is 0 Å². The van der Waals surface area contributed by atoms with Crippen LogP contribution in [-0.2, 0) is 12.8 Å². The number of nitrogens with two attached hydrogens (primary N) is 1. The van der Waals surface area contributed by atoms with Crippen molar-refractivity contribution in [2.24, 2.45) is 5.41 Å². The van der Waals surface area contributed by atoms with Crippen LogP contribution in [0.4, 0.5) is 5.95 Å². The zero-order valence-corrected chi connectivity index (χ0v) is 7.46. The molecule has 0 fully saturated rings. The second kappa shape index (κ2) is 2.19. The van der Waals surface area contributed by atoms with Crippen LogP contribution in [-0.4, -0.2) is 9.97 Å². The van der Waals surface area contributed by atoms with Gasteiger partial charge in [0.15, 0.2) is 0 Å². The molecule has 3 nitrogen and oxygen atoms in total. The van der Waals surface area contributed by atoms with Gasteiger partial charge in [-0.15, -0.1) is 0 Å². The molecule has 1 aromatic heterocycles. The lowest BCUT2D eigenvalue weighted by Crippen LogP contribution is -2.09. The minimum Gasteiger partial charge on any atom is -0.368 e. The standard InChI is InChI=1S/C9H13N3/c1-9(2)3-6-5-11-8(10)12-7(6)4-9/h5H,3-4H2,1-2H3,(H2,10,11,12). The van der Waals surface area contributed by atoms with Crippen LogP contribution < -0.4 is 5.73 Å². The van der Waals surface area contributed by atoms with Crippen LogP contribution in [0.2, 0.25) is 0 Å². The maximum Gasteiger partial charge on any atom is 0.220 e. The molecule has 0 aromatic carbocycles. The van der Waals surface area contributed by atoms with E-state index in [1.54, 1.807) is 0 Å². The number of nitrogens with zero attached hydrogens (tertiary/aromatic N) is 2. The number of rotatable bonds is 0. The zero-order valence-electron chi connectivity index (χ0n) is 7.46. The Morgan fingerprint density at radius 3 is 2.92 bits per heavy atom. The molecule has 0 saturated heterocycles. The smallest absolute Gasteiger partial charge is 0.220 e. The highest BCUT2D eigenvalue weighted by Crippen LogP contribution is 2.34. The SMILES string of the molecule is CC1(C)Cc2cnc(N)nc2C1. The molecule has 0 amide bonds. The summed E-state index contributed by atoms with van der Waals surface area (Å²) in [5.41, 5.74) is 8.23. The minimum absolute atomic E-state index is 0.338. The molecule has 12 heavy (non-hydrogen) atoms. The average molecular weight is 163 g/mol. The lowest BCUT2D eigenvalue weighted by Gasteiger charge is -2.14. The maximum absolute atomic E-state index is 5.50. The number of anilines is 1. The highest BCUT2D eigenvalue weighted by molar-refractivity contribution is 5.30. The Balaban J connectivity index is 2.43. The van der Waals surface area contributed by atoms with Crippen molar-refractivity contribution >= 4 is 5.95 Å². The lowest BCUT2D eigenvalue weighted by molar-refractivity contribution is 0.390. The summed E-state index contributed by atoms with van der Waals surface area (Å²) in [5.74, 6) is 0.395. The normalized spacial score (nSPS) is 19.2. The minimum atomic E-state index is 0.338. The first-order chi connectivity index (χ1) is 5.57. The fraction of sp³-hybridized carbons (Fsp3) is 0.556. The quantitative estimate of drug-likeness (QED) is 0.625. The van der Waals surface area contributed by atoms with Crippen LogP contribution in [0.3, 0.4) is 0 Å². The van der Waals surface area contributed by atoms with Gasteiger partial charge in [0.25, 0.3) is 0 Å². The summed E-state index contributed by atoms with van der Waals surface area (Å²) >= 11 is 0. The molecule has 0 spiro atoms. The third kappa shape index (κ3) is 1.15. The molecule has 2 rings (SSSR count). The fourth-order valence-electron chi connectivity index (χ4n) is 1.79. The molecule has 0 saturated carbocycles. The van der Waals surface area contributed by atoms with Crippen LogP contribution in [0.5, 0.6) is 0 Å². The Kier molecular flexibility index (Phi) is 1.37.